The molecule has 0 aliphatic rings. The molecule has 0 aliphatic heterocycles. The highest BCUT2D eigenvalue weighted by Crippen LogP contribution is 1.94. The van der Waals surface area contributed by atoms with Crippen molar-refractivity contribution >= 4 is 5.97 Å². The van der Waals surface area contributed by atoms with Crippen LogP contribution in [0.5, 0.6) is 0 Å². The molecule has 14 heavy (non-hydrogen) atoms. The minimum Gasteiger partial charge on any atom is -0.465 e. The summed E-state index contributed by atoms with van der Waals surface area (Å²) in [7, 11) is 0. The number of hydrogen-bond donors (Lipinski definition) is 1. The van der Waals surface area contributed by atoms with Crippen molar-refractivity contribution in [3.8, 4) is 0 Å². The molecule has 0 spiro atoms. The van der Waals surface area contributed by atoms with Crippen LogP contribution < -0.4 is 5.73 Å². The number of aromatic nitrogens is 3. The molecule has 0 aliphatic carbocycles. The molecule has 1 aromatic heterocycles. The second-order valence-corrected chi connectivity index (χ2v) is 2.75. The van der Waals surface area contributed by atoms with Crippen LogP contribution in [0.4, 0.5) is 0 Å². The molecule has 0 unspecified atom stereocenters. The van der Waals surface area contributed by atoms with Gasteiger partial charge in [-0.1, -0.05) is 5.21 Å². The first-order chi connectivity index (χ1) is 6.76. The molecule has 0 saturated carbocycles. The molecule has 0 atom stereocenters. The Kier molecular flexibility index (Phi) is 4.06. The highest BCUT2D eigenvalue weighted by Gasteiger charge is 2.05. The van der Waals surface area contributed by atoms with Gasteiger partial charge in [0.25, 0.3) is 0 Å². The normalized spacial score (nSPS) is 10.1. The Hall–Kier alpha value is -1.43. The lowest BCUT2D eigenvalue weighted by molar-refractivity contribution is -0.144. The third-order valence-electron chi connectivity index (χ3n) is 1.58. The number of ether oxygens (including phenoxy) is 1. The van der Waals surface area contributed by atoms with Crippen LogP contribution in [-0.2, 0) is 22.5 Å². The van der Waals surface area contributed by atoms with E-state index in [-0.39, 0.29) is 12.5 Å². The van der Waals surface area contributed by atoms with E-state index in [1.807, 2.05) is 0 Å². The fourth-order valence-electron chi connectivity index (χ4n) is 1.02. The van der Waals surface area contributed by atoms with Crippen LogP contribution in [0.25, 0.3) is 0 Å². The summed E-state index contributed by atoms with van der Waals surface area (Å²) >= 11 is 0. The number of carbonyl (C=O) groups is 1. The summed E-state index contributed by atoms with van der Waals surface area (Å²) in [6.45, 7) is 2.77. The predicted octanol–water partition coefficient (Wildman–Crippen LogP) is -0.658. The molecule has 6 heteroatoms. The molecule has 0 saturated heterocycles. The van der Waals surface area contributed by atoms with E-state index < -0.39 is 0 Å². The summed E-state index contributed by atoms with van der Waals surface area (Å²) in [6, 6.07) is 0. The molecular formula is C8H14N4O2. The Morgan fingerprint density at radius 1 is 1.71 bits per heavy atom. The monoisotopic (exact) mass is 198 g/mol. The lowest BCUT2D eigenvalue weighted by Crippen LogP contribution is -2.13. The van der Waals surface area contributed by atoms with Crippen LogP contribution in [0.2, 0.25) is 0 Å². The predicted molar refractivity (Wildman–Crippen MR) is 49.4 cm³/mol. The average molecular weight is 198 g/mol. The summed E-state index contributed by atoms with van der Waals surface area (Å²) in [5.74, 6) is -0.309. The number of carbonyl (C=O) groups excluding carboxylic acids is 1. The van der Waals surface area contributed by atoms with Gasteiger partial charge in [-0.2, -0.15) is 0 Å². The molecule has 6 nitrogen and oxygen atoms in total. The van der Waals surface area contributed by atoms with Gasteiger partial charge in [0.1, 0.15) is 6.54 Å². The lowest BCUT2D eigenvalue weighted by atomic mass is 10.3. The van der Waals surface area contributed by atoms with Gasteiger partial charge in [0, 0.05) is 12.6 Å². The van der Waals surface area contributed by atoms with Crippen molar-refractivity contribution < 1.29 is 9.53 Å². The van der Waals surface area contributed by atoms with Gasteiger partial charge in [-0.25, -0.2) is 4.68 Å². The molecule has 1 heterocycles. The van der Waals surface area contributed by atoms with Gasteiger partial charge in [0.15, 0.2) is 0 Å². The second kappa shape index (κ2) is 5.33. The maximum absolute atomic E-state index is 11.0. The zero-order valence-corrected chi connectivity index (χ0v) is 8.14. The smallest absolute Gasteiger partial charge is 0.327 e. The quantitative estimate of drug-likeness (QED) is 0.635. The maximum atomic E-state index is 11.0. The van der Waals surface area contributed by atoms with Gasteiger partial charge in [0.2, 0.25) is 0 Å². The van der Waals surface area contributed by atoms with Crippen molar-refractivity contribution in [3.63, 3.8) is 0 Å². The minimum absolute atomic E-state index is 0.103. The summed E-state index contributed by atoms with van der Waals surface area (Å²) in [6.07, 6.45) is 2.37. The van der Waals surface area contributed by atoms with E-state index in [0.29, 0.717) is 19.6 Å². The molecule has 0 amide bonds. The van der Waals surface area contributed by atoms with Crippen molar-refractivity contribution in [2.24, 2.45) is 5.73 Å². The maximum Gasteiger partial charge on any atom is 0.327 e. The lowest BCUT2D eigenvalue weighted by Gasteiger charge is -1.99. The van der Waals surface area contributed by atoms with Gasteiger partial charge in [0.05, 0.1) is 12.3 Å². The first-order valence-corrected chi connectivity index (χ1v) is 4.51. The van der Waals surface area contributed by atoms with Crippen molar-refractivity contribution in [1.29, 1.82) is 0 Å². The number of nitrogens with zero attached hydrogens (tertiary/aromatic N) is 3. The van der Waals surface area contributed by atoms with Gasteiger partial charge < -0.3 is 10.5 Å². The highest BCUT2D eigenvalue weighted by atomic mass is 16.5. The molecule has 0 radical (unpaired) electrons. The summed E-state index contributed by atoms with van der Waals surface area (Å²) in [4.78, 5) is 11.0. The first-order valence-electron chi connectivity index (χ1n) is 4.51. The summed E-state index contributed by atoms with van der Waals surface area (Å²) in [5, 5.41) is 7.61. The first kappa shape index (κ1) is 10.6. The van der Waals surface area contributed by atoms with Gasteiger partial charge >= 0.3 is 5.97 Å². The van der Waals surface area contributed by atoms with E-state index in [1.54, 1.807) is 13.1 Å². The van der Waals surface area contributed by atoms with Gasteiger partial charge in [-0.15, -0.1) is 5.10 Å². The summed E-state index contributed by atoms with van der Waals surface area (Å²) in [5.41, 5.74) is 6.14. The number of esters is 1. The highest BCUT2D eigenvalue weighted by molar-refractivity contribution is 5.68. The molecule has 0 bridgehead atoms. The van der Waals surface area contributed by atoms with E-state index in [9.17, 15) is 4.79 Å². The third kappa shape index (κ3) is 3.14. The molecular weight excluding hydrogens is 184 g/mol. The van der Waals surface area contributed by atoms with E-state index in [2.05, 4.69) is 10.3 Å². The Balaban J connectivity index is 2.46. The van der Waals surface area contributed by atoms with Crippen molar-refractivity contribution in [2.45, 2.75) is 19.9 Å². The van der Waals surface area contributed by atoms with Crippen LogP contribution in [0, 0.1) is 0 Å². The third-order valence-corrected chi connectivity index (χ3v) is 1.58. The molecule has 1 rings (SSSR count). The molecule has 1 aromatic rings. The Labute approximate surface area is 82.0 Å². The standard InChI is InChI=1S/C8H14N4O2/c1-2-14-8(13)6-12-5-7(3-4-9)10-11-12/h5H,2-4,6,9H2,1H3. The van der Waals surface area contributed by atoms with Crippen molar-refractivity contribution in [3.05, 3.63) is 11.9 Å². The molecule has 0 aromatic carbocycles. The van der Waals surface area contributed by atoms with Gasteiger partial charge in [-0.3, -0.25) is 4.79 Å². The number of hydrogen-bond acceptors (Lipinski definition) is 5. The van der Waals surface area contributed by atoms with Crippen LogP contribution in [0.1, 0.15) is 12.6 Å². The van der Waals surface area contributed by atoms with Crippen molar-refractivity contribution in [2.75, 3.05) is 13.2 Å². The van der Waals surface area contributed by atoms with Crippen molar-refractivity contribution in [1.82, 2.24) is 15.0 Å². The van der Waals surface area contributed by atoms with Crippen LogP contribution in [-0.4, -0.2) is 34.1 Å². The van der Waals surface area contributed by atoms with E-state index in [1.165, 1.54) is 4.68 Å². The Morgan fingerprint density at radius 3 is 3.14 bits per heavy atom. The average Bonchev–Trinajstić information content (AvgIpc) is 2.53. The van der Waals surface area contributed by atoms with Crippen LogP contribution >= 0.6 is 0 Å². The number of rotatable bonds is 5. The van der Waals surface area contributed by atoms with E-state index in [0.717, 1.165) is 5.69 Å². The second-order valence-electron chi connectivity index (χ2n) is 2.75. The van der Waals surface area contributed by atoms with Gasteiger partial charge in [-0.05, 0) is 13.5 Å². The fraction of sp³-hybridized carbons (Fsp3) is 0.625. The Bertz CT molecular complexity index is 297. The zero-order chi connectivity index (χ0) is 10.4. The molecule has 78 valence electrons. The Morgan fingerprint density at radius 2 is 2.50 bits per heavy atom. The van der Waals surface area contributed by atoms with E-state index >= 15 is 0 Å². The molecule has 2 N–H and O–H groups in total. The topological polar surface area (TPSA) is 83.0 Å². The SMILES string of the molecule is CCOC(=O)Cn1cc(CCN)nn1. The van der Waals surface area contributed by atoms with E-state index in [4.69, 9.17) is 10.5 Å². The fourth-order valence-corrected chi connectivity index (χ4v) is 1.02. The zero-order valence-electron chi connectivity index (χ0n) is 8.14. The largest absolute Gasteiger partial charge is 0.465 e. The van der Waals surface area contributed by atoms with Crippen LogP contribution in [0.15, 0.2) is 6.20 Å². The minimum atomic E-state index is -0.309. The number of nitrogens with two attached hydrogens (primary N) is 1. The molecule has 0 fully saturated rings. The van der Waals surface area contributed by atoms with Crippen LogP contribution in [0.3, 0.4) is 0 Å². The summed E-state index contributed by atoms with van der Waals surface area (Å²) < 4.78 is 6.21.